The van der Waals surface area contributed by atoms with Crippen LogP contribution >= 0.6 is 22.9 Å². The molecule has 2 aromatic carbocycles. The molecule has 0 saturated heterocycles. The van der Waals surface area contributed by atoms with Crippen LogP contribution in [-0.2, 0) is 10.0 Å². The Bertz CT molecular complexity index is 860. The number of hydrogen-bond donors (Lipinski definition) is 1. The predicted octanol–water partition coefficient (Wildman–Crippen LogP) is 3.75. The number of sulfonamides is 1. The molecule has 0 fully saturated rings. The molecule has 20 heavy (non-hydrogen) atoms. The number of benzene rings is 2. The third-order valence-electron chi connectivity index (χ3n) is 2.63. The van der Waals surface area contributed by atoms with Crippen molar-refractivity contribution in [3.05, 3.63) is 53.6 Å². The molecule has 4 nitrogen and oxygen atoms in total. The number of fused-ring (bicyclic) bond motifs is 1. The lowest BCUT2D eigenvalue weighted by molar-refractivity contribution is 0.601. The number of thiazole rings is 1. The number of nitrogens with zero attached hydrogens (tertiary/aromatic N) is 1. The van der Waals surface area contributed by atoms with Crippen molar-refractivity contribution >= 4 is 48.3 Å². The van der Waals surface area contributed by atoms with Gasteiger partial charge in [-0.25, -0.2) is 13.4 Å². The van der Waals surface area contributed by atoms with Gasteiger partial charge in [0.1, 0.15) is 0 Å². The van der Waals surface area contributed by atoms with Gasteiger partial charge in [-0.3, -0.25) is 4.72 Å². The first-order valence-electron chi connectivity index (χ1n) is 5.68. The number of hydrogen-bond acceptors (Lipinski definition) is 4. The van der Waals surface area contributed by atoms with Gasteiger partial charge in [0.05, 0.1) is 15.1 Å². The van der Waals surface area contributed by atoms with Crippen LogP contribution in [0.4, 0.5) is 5.13 Å². The summed E-state index contributed by atoms with van der Waals surface area (Å²) in [6, 6.07) is 13.4. The second-order valence-corrected chi connectivity index (χ2v) is 7.20. The van der Waals surface area contributed by atoms with Crippen molar-refractivity contribution in [3.63, 3.8) is 0 Å². The summed E-state index contributed by atoms with van der Waals surface area (Å²) in [6.45, 7) is 0. The maximum absolute atomic E-state index is 12.2. The second kappa shape index (κ2) is 5.05. The Morgan fingerprint density at radius 3 is 2.60 bits per heavy atom. The van der Waals surface area contributed by atoms with Crippen LogP contribution < -0.4 is 4.72 Å². The van der Waals surface area contributed by atoms with Gasteiger partial charge in [-0.2, -0.15) is 0 Å². The molecule has 3 aromatic rings. The maximum Gasteiger partial charge on any atom is 0.263 e. The van der Waals surface area contributed by atoms with E-state index < -0.39 is 10.0 Å². The van der Waals surface area contributed by atoms with E-state index in [9.17, 15) is 8.42 Å². The Morgan fingerprint density at radius 1 is 1.10 bits per heavy atom. The molecule has 0 unspecified atom stereocenters. The zero-order valence-corrected chi connectivity index (χ0v) is 12.5. The molecule has 0 saturated carbocycles. The molecule has 7 heteroatoms. The SMILES string of the molecule is O=S(=O)(Nc1nc2ccc(Cl)cc2s1)c1ccccc1. The molecular weight excluding hydrogens is 316 g/mol. The molecule has 0 aliphatic carbocycles. The molecule has 1 heterocycles. The van der Waals surface area contributed by atoms with Gasteiger partial charge in [0.15, 0.2) is 5.13 Å². The summed E-state index contributed by atoms with van der Waals surface area (Å²) in [7, 11) is -3.61. The molecule has 0 amide bonds. The lowest BCUT2D eigenvalue weighted by atomic mass is 10.3. The zero-order valence-electron chi connectivity index (χ0n) is 10.1. The molecule has 1 aromatic heterocycles. The Balaban J connectivity index is 1.97. The first kappa shape index (κ1) is 13.4. The number of rotatable bonds is 3. The first-order chi connectivity index (χ1) is 9.54. The maximum atomic E-state index is 12.2. The van der Waals surface area contributed by atoms with Crippen molar-refractivity contribution in [2.45, 2.75) is 4.90 Å². The molecule has 0 bridgehead atoms. The van der Waals surface area contributed by atoms with Gasteiger partial charge in [0.25, 0.3) is 10.0 Å². The predicted molar refractivity (Wildman–Crippen MR) is 81.9 cm³/mol. The van der Waals surface area contributed by atoms with Crippen molar-refractivity contribution in [1.29, 1.82) is 0 Å². The van der Waals surface area contributed by atoms with Crippen LogP contribution in [0.25, 0.3) is 10.2 Å². The van der Waals surface area contributed by atoms with E-state index in [2.05, 4.69) is 9.71 Å². The zero-order chi connectivity index (χ0) is 14.2. The van der Waals surface area contributed by atoms with E-state index in [1.54, 1.807) is 36.4 Å². The Labute approximate surface area is 125 Å². The van der Waals surface area contributed by atoms with E-state index in [0.717, 1.165) is 4.70 Å². The Kier molecular flexibility index (Phi) is 3.37. The molecule has 0 aliphatic heterocycles. The van der Waals surface area contributed by atoms with Gasteiger partial charge in [-0.05, 0) is 30.3 Å². The van der Waals surface area contributed by atoms with Crippen LogP contribution in [0.15, 0.2) is 53.4 Å². The molecule has 3 rings (SSSR count). The van der Waals surface area contributed by atoms with Crippen molar-refractivity contribution in [1.82, 2.24) is 4.98 Å². The molecule has 1 N–H and O–H groups in total. The minimum Gasteiger partial charge on any atom is -0.255 e. The molecule has 0 aliphatic rings. The standard InChI is InChI=1S/C13H9ClN2O2S2/c14-9-6-7-11-12(8-9)19-13(15-11)16-20(17,18)10-4-2-1-3-5-10/h1-8H,(H,15,16). The van der Waals surface area contributed by atoms with E-state index >= 15 is 0 Å². The minimum atomic E-state index is -3.61. The summed E-state index contributed by atoms with van der Waals surface area (Å²) in [5, 5.41) is 0.921. The average Bonchev–Trinajstić information content (AvgIpc) is 2.80. The van der Waals surface area contributed by atoms with Crippen LogP contribution in [0.5, 0.6) is 0 Å². The van der Waals surface area contributed by atoms with Gasteiger partial charge >= 0.3 is 0 Å². The second-order valence-electron chi connectivity index (χ2n) is 4.05. The quantitative estimate of drug-likeness (QED) is 0.798. The highest BCUT2D eigenvalue weighted by molar-refractivity contribution is 7.93. The van der Waals surface area contributed by atoms with Crippen LogP contribution in [0.3, 0.4) is 0 Å². The van der Waals surface area contributed by atoms with Crippen molar-refractivity contribution in [3.8, 4) is 0 Å². The summed E-state index contributed by atoms with van der Waals surface area (Å²) in [5.41, 5.74) is 0.713. The topological polar surface area (TPSA) is 59.1 Å². The Hall–Kier alpha value is -1.63. The van der Waals surface area contributed by atoms with Gasteiger partial charge in [0, 0.05) is 5.02 Å². The normalized spacial score (nSPS) is 11.7. The number of halogens is 1. The molecular formula is C13H9ClN2O2S2. The first-order valence-corrected chi connectivity index (χ1v) is 8.36. The van der Waals surface area contributed by atoms with Gasteiger partial charge in [-0.15, -0.1) is 0 Å². The van der Waals surface area contributed by atoms with Crippen molar-refractivity contribution in [2.24, 2.45) is 0 Å². The van der Waals surface area contributed by atoms with Gasteiger partial charge in [-0.1, -0.05) is 41.1 Å². The largest absolute Gasteiger partial charge is 0.263 e. The fraction of sp³-hybridized carbons (Fsp3) is 0. The molecule has 0 radical (unpaired) electrons. The highest BCUT2D eigenvalue weighted by Gasteiger charge is 2.16. The highest BCUT2D eigenvalue weighted by atomic mass is 35.5. The number of aromatic nitrogens is 1. The minimum absolute atomic E-state index is 0.206. The fourth-order valence-corrected chi connectivity index (χ4v) is 4.11. The van der Waals surface area contributed by atoms with Gasteiger partial charge in [0.2, 0.25) is 0 Å². The van der Waals surface area contributed by atoms with E-state index in [-0.39, 0.29) is 4.90 Å². The average molecular weight is 325 g/mol. The van der Waals surface area contributed by atoms with Crippen molar-refractivity contribution in [2.75, 3.05) is 4.72 Å². The van der Waals surface area contributed by atoms with E-state index in [0.29, 0.717) is 15.7 Å². The van der Waals surface area contributed by atoms with E-state index in [1.165, 1.54) is 23.5 Å². The summed E-state index contributed by atoms with van der Waals surface area (Å²) >= 11 is 7.14. The van der Waals surface area contributed by atoms with E-state index in [4.69, 9.17) is 11.6 Å². The lowest BCUT2D eigenvalue weighted by Crippen LogP contribution is -2.12. The molecule has 0 atom stereocenters. The fourth-order valence-electron chi connectivity index (χ4n) is 1.72. The molecule has 102 valence electrons. The highest BCUT2D eigenvalue weighted by Crippen LogP contribution is 2.29. The monoisotopic (exact) mass is 324 g/mol. The van der Waals surface area contributed by atoms with Crippen LogP contribution in [-0.4, -0.2) is 13.4 Å². The summed E-state index contributed by atoms with van der Waals surface area (Å²) < 4.78 is 27.7. The van der Waals surface area contributed by atoms with Crippen molar-refractivity contribution < 1.29 is 8.42 Å². The lowest BCUT2D eigenvalue weighted by Gasteiger charge is -2.03. The Morgan fingerprint density at radius 2 is 1.85 bits per heavy atom. The smallest absolute Gasteiger partial charge is 0.255 e. The van der Waals surface area contributed by atoms with Crippen LogP contribution in [0.1, 0.15) is 0 Å². The third-order valence-corrected chi connectivity index (χ3v) is 5.28. The van der Waals surface area contributed by atoms with E-state index in [1.807, 2.05) is 0 Å². The van der Waals surface area contributed by atoms with Gasteiger partial charge < -0.3 is 0 Å². The summed E-state index contributed by atoms with van der Waals surface area (Å²) in [4.78, 5) is 4.44. The summed E-state index contributed by atoms with van der Waals surface area (Å²) in [5.74, 6) is 0. The third kappa shape index (κ3) is 2.63. The number of anilines is 1. The molecule has 0 spiro atoms. The van der Waals surface area contributed by atoms with Crippen LogP contribution in [0, 0.1) is 0 Å². The van der Waals surface area contributed by atoms with Crippen LogP contribution in [0.2, 0.25) is 5.02 Å². The summed E-state index contributed by atoms with van der Waals surface area (Å²) in [6.07, 6.45) is 0. The number of nitrogens with one attached hydrogen (secondary N) is 1.